The van der Waals surface area contributed by atoms with Crippen LogP contribution in [-0.4, -0.2) is 49.5 Å². The molecule has 26 heavy (non-hydrogen) atoms. The van der Waals surface area contributed by atoms with Gasteiger partial charge in [0.1, 0.15) is 0 Å². The SMILES string of the molecule is C/C=C/CCNC(=NCC1CC(=O)N(CCc2ccccc2)C1)NCC. The molecule has 1 amide bonds. The number of guanidine groups is 1. The van der Waals surface area contributed by atoms with Crippen molar-refractivity contribution < 1.29 is 4.79 Å². The Morgan fingerprint density at radius 1 is 1.31 bits per heavy atom. The molecule has 142 valence electrons. The Balaban J connectivity index is 1.78. The van der Waals surface area contributed by atoms with Gasteiger partial charge in [-0.05, 0) is 32.3 Å². The van der Waals surface area contributed by atoms with Crippen LogP contribution >= 0.6 is 0 Å². The Morgan fingerprint density at radius 3 is 2.85 bits per heavy atom. The molecule has 1 aliphatic rings. The van der Waals surface area contributed by atoms with E-state index in [1.165, 1.54) is 5.56 Å². The lowest BCUT2D eigenvalue weighted by Crippen LogP contribution is -2.38. The van der Waals surface area contributed by atoms with E-state index < -0.39 is 0 Å². The van der Waals surface area contributed by atoms with E-state index in [2.05, 4.69) is 46.8 Å². The summed E-state index contributed by atoms with van der Waals surface area (Å²) >= 11 is 0. The first-order valence-corrected chi connectivity index (χ1v) is 9.68. The van der Waals surface area contributed by atoms with E-state index >= 15 is 0 Å². The van der Waals surface area contributed by atoms with E-state index in [4.69, 9.17) is 0 Å². The van der Waals surface area contributed by atoms with Gasteiger partial charge in [-0.15, -0.1) is 0 Å². The number of likely N-dealkylation sites (tertiary alicyclic amines) is 1. The van der Waals surface area contributed by atoms with Crippen molar-refractivity contribution in [2.24, 2.45) is 10.9 Å². The number of carbonyl (C=O) groups excluding carboxylic acids is 1. The predicted molar refractivity (Wildman–Crippen MR) is 108 cm³/mol. The van der Waals surface area contributed by atoms with Crippen LogP contribution in [0.2, 0.25) is 0 Å². The molecule has 0 bridgehead atoms. The molecule has 1 unspecified atom stereocenters. The Kier molecular flexibility index (Phi) is 8.73. The van der Waals surface area contributed by atoms with Crippen molar-refractivity contribution in [2.75, 3.05) is 32.7 Å². The first-order valence-electron chi connectivity index (χ1n) is 9.68. The number of amides is 1. The minimum atomic E-state index is 0.257. The molecule has 0 radical (unpaired) electrons. The lowest BCUT2D eigenvalue weighted by atomic mass is 10.1. The van der Waals surface area contributed by atoms with E-state index in [0.717, 1.165) is 45.0 Å². The number of hydrogen-bond donors (Lipinski definition) is 2. The second-order valence-electron chi connectivity index (χ2n) is 6.65. The highest BCUT2D eigenvalue weighted by molar-refractivity contribution is 5.80. The smallest absolute Gasteiger partial charge is 0.223 e. The number of aliphatic imine (C=N–C) groups is 1. The van der Waals surface area contributed by atoms with Gasteiger partial charge in [-0.25, -0.2) is 0 Å². The first kappa shape index (κ1) is 20.0. The summed E-state index contributed by atoms with van der Waals surface area (Å²) in [5.74, 6) is 1.41. The van der Waals surface area contributed by atoms with Crippen molar-refractivity contribution in [2.45, 2.75) is 33.1 Å². The number of allylic oxidation sites excluding steroid dienone is 1. The molecule has 0 aliphatic carbocycles. The molecule has 0 aromatic heterocycles. The van der Waals surface area contributed by atoms with Crippen molar-refractivity contribution in [3.8, 4) is 0 Å². The van der Waals surface area contributed by atoms with E-state index in [-0.39, 0.29) is 5.91 Å². The molecule has 1 heterocycles. The standard InChI is InChI=1S/C21H32N4O/c1-3-5-9-13-23-21(22-4-2)24-16-19-15-20(26)25(17-19)14-12-18-10-7-6-8-11-18/h3,5-8,10-11,19H,4,9,12-17H2,1-2H3,(H2,22,23,24)/b5-3+. The van der Waals surface area contributed by atoms with Crippen molar-refractivity contribution in [3.63, 3.8) is 0 Å². The molecule has 2 N–H and O–H groups in total. The van der Waals surface area contributed by atoms with Gasteiger partial charge in [-0.1, -0.05) is 42.5 Å². The van der Waals surface area contributed by atoms with E-state index in [1.807, 2.05) is 30.0 Å². The van der Waals surface area contributed by atoms with Crippen LogP contribution in [0.3, 0.4) is 0 Å². The molecule has 1 atom stereocenters. The first-order chi connectivity index (χ1) is 12.7. The summed E-state index contributed by atoms with van der Waals surface area (Å²) in [6.45, 7) is 8.09. The maximum atomic E-state index is 12.3. The lowest BCUT2D eigenvalue weighted by Gasteiger charge is -2.16. The van der Waals surface area contributed by atoms with Gasteiger partial charge in [0.05, 0.1) is 0 Å². The van der Waals surface area contributed by atoms with E-state index in [0.29, 0.717) is 18.9 Å². The summed E-state index contributed by atoms with van der Waals surface area (Å²) in [7, 11) is 0. The van der Waals surface area contributed by atoms with Crippen molar-refractivity contribution >= 4 is 11.9 Å². The predicted octanol–water partition coefficient (Wildman–Crippen LogP) is 2.60. The summed E-state index contributed by atoms with van der Waals surface area (Å²) in [5, 5.41) is 6.61. The largest absolute Gasteiger partial charge is 0.357 e. The van der Waals surface area contributed by atoms with Crippen molar-refractivity contribution in [3.05, 3.63) is 48.0 Å². The Morgan fingerprint density at radius 2 is 2.12 bits per heavy atom. The number of nitrogens with zero attached hydrogens (tertiary/aromatic N) is 2. The molecule has 1 aromatic carbocycles. The van der Waals surface area contributed by atoms with Gasteiger partial charge < -0.3 is 15.5 Å². The van der Waals surface area contributed by atoms with E-state index in [9.17, 15) is 4.79 Å². The van der Waals surface area contributed by atoms with Crippen LogP contribution in [0.15, 0.2) is 47.5 Å². The summed E-state index contributed by atoms with van der Waals surface area (Å²) < 4.78 is 0. The quantitative estimate of drug-likeness (QED) is 0.309. The summed E-state index contributed by atoms with van der Waals surface area (Å²) in [6.07, 6.45) is 6.70. The molecule has 1 aromatic rings. The molecular formula is C21H32N4O. The highest BCUT2D eigenvalue weighted by Crippen LogP contribution is 2.18. The maximum Gasteiger partial charge on any atom is 0.223 e. The number of nitrogens with one attached hydrogen (secondary N) is 2. The van der Waals surface area contributed by atoms with Crippen LogP contribution in [0.25, 0.3) is 0 Å². The number of benzene rings is 1. The average molecular weight is 357 g/mol. The Hall–Kier alpha value is -2.30. The lowest BCUT2D eigenvalue weighted by molar-refractivity contribution is -0.127. The van der Waals surface area contributed by atoms with Gasteiger partial charge in [-0.3, -0.25) is 9.79 Å². The third-order valence-corrected chi connectivity index (χ3v) is 4.50. The highest BCUT2D eigenvalue weighted by atomic mass is 16.2. The highest BCUT2D eigenvalue weighted by Gasteiger charge is 2.28. The van der Waals surface area contributed by atoms with Crippen LogP contribution < -0.4 is 10.6 Å². The second kappa shape index (κ2) is 11.3. The van der Waals surface area contributed by atoms with Gasteiger partial charge in [-0.2, -0.15) is 0 Å². The van der Waals surface area contributed by atoms with Crippen LogP contribution in [-0.2, 0) is 11.2 Å². The molecule has 0 saturated carbocycles. The summed E-state index contributed by atoms with van der Waals surface area (Å²) in [5.41, 5.74) is 1.28. The average Bonchev–Trinajstić information content (AvgIpc) is 3.02. The number of rotatable bonds is 9. The second-order valence-corrected chi connectivity index (χ2v) is 6.65. The molecule has 1 saturated heterocycles. The van der Waals surface area contributed by atoms with Crippen LogP contribution in [0, 0.1) is 5.92 Å². The van der Waals surface area contributed by atoms with Gasteiger partial charge in [0.25, 0.3) is 0 Å². The van der Waals surface area contributed by atoms with Gasteiger partial charge in [0.15, 0.2) is 5.96 Å². The zero-order chi connectivity index (χ0) is 18.6. The summed E-state index contributed by atoms with van der Waals surface area (Å²) in [4.78, 5) is 18.9. The van der Waals surface area contributed by atoms with Gasteiger partial charge in [0.2, 0.25) is 5.91 Å². The number of carbonyl (C=O) groups is 1. The van der Waals surface area contributed by atoms with Crippen LogP contribution in [0.4, 0.5) is 0 Å². The number of hydrogen-bond acceptors (Lipinski definition) is 2. The maximum absolute atomic E-state index is 12.3. The Labute approximate surface area is 157 Å². The van der Waals surface area contributed by atoms with E-state index in [1.54, 1.807) is 0 Å². The molecule has 1 aliphatic heterocycles. The molecule has 5 nitrogen and oxygen atoms in total. The zero-order valence-corrected chi connectivity index (χ0v) is 16.1. The fourth-order valence-corrected chi connectivity index (χ4v) is 3.10. The molecule has 2 rings (SSSR count). The minimum Gasteiger partial charge on any atom is -0.357 e. The fraction of sp³-hybridized carbons (Fsp3) is 0.524. The van der Waals surface area contributed by atoms with Crippen LogP contribution in [0.5, 0.6) is 0 Å². The minimum absolute atomic E-state index is 0.257. The van der Waals surface area contributed by atoms with Crippen molar-refractivity contribution in [1.82, 2.24) is 15.5 Å². The fourth-order valence-electron chi connectivity index (χ4n) is 3.10. The molecular weight excluding hydrogens is 324 g/mol. The van der Waals surface area contributed by atoms with Crippen molar-refractivity contribution in [1.29, 1.82) is 0 Å². The monoisotopic (exact) mass is 356 g/mol. The van der Waals surface area contributed by atoms with Gasteiger partial charge >= 0.3 is 0 Å². The summed E-state index contributed by atoms with van der Waals surface area (Å²) in [6, 6.07) is 10.3. The topological polar surface area (TPSA) is 56.7 Å². The zero-order valence-electron chi connectivity index (χ0n) is 16.1. The van der Waals surface area contributed by atoms with Crippen LogP contribution in [0.1, 0.15) is 32.3 Å². The molecule has 1 fully saturated rings. The third kappa shape index (κ3) is 6.90. The Bertz CT molecular complexity index is 597. The van der Waals surface area contributed by atoms with Gasteiger partial charge in [0, 0.05) is 45.1 Å². The third-order valence-electron chi connectivity index (χ3n) is 4.50. The normalized spacial score (nSPS) is 17.9. The molecule has 5 heteroatoms. The molecule has 0 spiro atoms.